The lowest BCUT2D eigenvalue weighted by Crippen LogP contribution is -2.47. The Morgan fingerprint density at radius 2 is 1.84 bits per heavy atom. The van der Waals surface area contributed by atoms with Gasteiger partial charge in [0, 0.05) is 12.5 Å². The number of carbonyl (C=O) groups is 1. The second-order valence-corrected chi connectivity index (χ2v) is 8.28. The molecule has 4 aliphatic carbocycles. The number of amides is 1. The van der Waals surface area contributed by atoms with Crippen molar-refractivity contribution >= 4 is 17.3 Å². The van der Waals surface area contributed by atoms with E-state index in [-0.39, 0.29) is 17.0 Å². The maximum absolute atomic E-state index is 12.7. The van der Waals surface area contributed by atoms with Crippen LogP contribution in [0.1, 0.15) is 44.9 Å². The summed E-state index contributed by atoms with van der Waals surface area (Å²) >= 11 is 0. The van der Waals surface area contributed by atoms with Crippen LogP contribution in [-0.2, 0) is 4.79 Å². The Morgan fingerprint density at radius 1 is 1.24 bits per heavy atom. The van der Waals surface area contributed by atoms with Gasteiger partial charge >= 0.3 is 0 Å². The van der Waals surface area contributed by atoms with Gasteiger partial charge in [-0.15, -0.1) is 0 Å². The highest BCUT2D eigenvalue weighted by molar-refractivity contribution is 5.93. The molecular formula is C19H24N2O4. The van der Waals surface area contributed by atoms with E-state index in [9.17, 15) is 14.9 Å². The fourth-order valence-corrected chi connectivity index (χ4v) is 5.94. The number of carbonyl (C=O) groups excluding carboxylic acids is 1. The molecule has 4 aliphatic rings. The summed E-state index contributed by atoms with van der Waals surface area (Å²) in [5.41, 5.74) is 0.631. The second-order valence-electron chi connectivity index (χ2n) is 8.28. The monoisotopic (exact) mass is 344 g/mol. The number of non-ortho nitro benzene ring substituents is 1. The second kappa shape index (κ2) is 6.00. The minimum absolute atomic E-state index is 0.00546. The summed E-state index contributed by atoms with van der Waals surface area (Å²) in [6, 6.07) is 4.29. The number of anilines is 1. The number of nitro groups is 1. The van der Waals surface area contributed by atoms with Gasteiger partial charge in [-0.25, -0.2) is 0 Å². The average Bonchev–Trinajstić information content (AvgIpc) is 2.53. The molecule has 4 saturated carbocycles. The molecule has 0 saturated heterocycles. The molecule has 1 aromatic rings. The molecule has 0 atom stereocenters. The average molecular weight is 344 g/mol. The third-order valence-corrected chi connectivity index (χ3v) is 6.37. The number of rotatable bonds is 5. The van der Waals surface area contributed by atoms with E-state index < -0.39 is 4.92 Å². The Kier molecular flexibility index (Phi) is 3.93. The molecule has 4 bridgehead atoms. The van der Waals surface area contributed by atoms with Crippen molar-refractivity contribution in [1.29, 1.82) is 0 Å². The van der Waals surface area contributed by atoms with Gasteiger partial charge in [-0.2, -0.15) is 0 Å². The molecule has 0 spiro atoms. The molecule has 1 N–H and O–H groups in total. The molecule has 1 amide bonds. The summed E-state index contributed by atoms with van der Waals surface area (Å²) in [5.74, 6) is 2.76. The standard InChI is InChI=1S/C19H24N2O4/c1-25-17-7-15(21(23)24)2-3-16(17)20-18(22)11-19-8-12-4-13(9-19)6-14(5-12)10-19/h2-3,7,12-14H,4-6,8-11H2,1H3,(H,20,22). The van der Waals surface area contributed by atoms with Gasteiger partial charge in [0.05, 0.1) is 23.8 Å². The maximum Gasteiger partial charge on any atom is 0.273 e. The first-order chi connectivity index (χ1) is 12.0. The number of ether oxygens (including phenoxy) is 1. The molecule has 6 heteroatoms. The van der Waals surface area contributed by atoms with Gasteiger partial charge in [0.2, 0.25) is 5.91 Å². The zero-order valence-electron chi connectivity index (χ0n) is 14.5. The van der Waals surface area contributed by atoms with Gasteiger partial charge in [-0.1, -0.05) is 0 Å². The number of nitrogens with one attached hydrogen (secondary N) is 1. The SMILES string of the molecule is COc1cc([N+](=O)[O-])ccc1NC(=O)CC12CC3CC(CC(C3)C1)C2. The summed E-state index contributed by atoms with van der Waals surface area (Å²) in [7, 11) is 1.45. The molecule has 1 aromatic carbocycles. The number of nitrogens with zero attached hydrogens (tertiary/aromatic N) is 1. The summed E-state index contributed by atoms with van der Waals surface area (Å²) < 4.78 is 5.21. The number of hydrogen-bond acceptors (Lipinski definition) is 4. The van der Waals surface area contributed by atoms with Crippen molar-refractivity contribution in [2.75, 3.05) is 12.4 Å². The highest BCUT2D eigenvalue weighted by Gasteiger charge is 2.51. The Bertz CT molecular complexity index is 680. The quantitative estimate of drug-likeness (QED) is 0.642. The fraction of sp³-hybridized carbons (Fsp3) is 0.632. The molecule has 6 nitrogen and oxygen atoms in total. The lowest BCUT2D eigenvalue weighted by Gasteiger charge is -2.56. The van der Waals surface area contributed by atoms with Crippen molar-refractivity contribution in [2.45, 2.75) is 44.9 Å². The first-order valence-electron chi connectivity index (χ1n) is 9.09. The van der Waals surface area contributed by atoms with Crippen molar-refractivity contribution in [3.63, 3.8) is 0 Å². The number of hydrogen-bond donors (Lipinski definition) is 1. The van der Waals surface area contributed by atoms with E-state index in [1.807, 2.05) is 0 Å². The van der Waals surface area contributed by atoms with Crippen molar-refractivity contribution < 1.29 is 14.5 Å². The van der Waals surface area contributed by atoms with Crippen molar-refractivity contribution in [3.05, 3.63) is 28.3 Å². The maximum atomic E-state index is 12.7. The third-order valence-electron chi connectivity index (χ3n) is 6.37. The molecule has 0 aromatic heterocycles. The minimum atomic E-state index is -0.469. The van der Waals surface area contributed by atoms with Crippen molar-refractivity contribution in [1.82, 2.24) is 0 Å². The molecule has 0 radical (unpaired) electrons. The predicted octanol–water partition coefficient (Wildman–Crippen LogP) is 4.15. The molecular weight excluding hydrogens is 320 g/mol. The largest absolute Gasteiger partial charge is 0.494 e. The lowest BCUT2D eigenvalue weighted by molar-refractivity contribution is -0.384. The van der Waals surface area contributed by atoms with Gasteiger partial charge in [-0.05, 0) is 67.8 Å². The highest BCUT2D eigenvalue weighted by Crippen LogP contribution is 2.61. The molecule has 0 heterocycles. The third kappa shape index (κ3) is 3.10. The molecule has 5 rings (SSSR count). The lowest BCUT2D eigenvalue weighted by atomic mass is 9.49. The van der Waals surface area contributed by atoms with Crippen LogP contribution in [0.5, 0.6) is 5.75 Å². The van der Waals surface area contributed by atoms with E-state index in [0.29, 0.717) is 17.9 Å². The first-order valence-corrected chi connectivity index (χ1v) is 9.09. The van der Waals surface area contributed by atoms with E-state index in [2.05, 4.69) is 5.32 Å². The summed E-state index contributed by atoms with van der Waals surface area (Å²) in [6.45, 7) is 0. The number of methoxy groups -OCH3 is 1. The van der Waals surface area contributed by atoms with Crippen LogP contribution < -0.4 is 10.1 Å². The summed E-state index contributed by atoms with van der Waals surface area (Å²) in [6.07, 6.45) is 8.18. The van der Waals surface area contributed by atoms with Crippen LogP contribution in [0.15, 0.2) is 18.2 Å². The van der Waals surface area contributed by atoms with Crippen LogP contribution in [0.4, 0.5) is 11.4 Å². The molecule has 134 valence electrons. The number of nitro benzene ring substituents is 1. The van der Waals surface area contributed by atoms with Crippen molar-refractivity contribution in [3.8, 4) is 5.75 Å². The number of benzene rings is 1. The topological polar surface area (TPSA) is 81.5 Å². The Balaban J connectivity index is 1.47. The van der Waals surface area contributed by atoms with Crippen LogP contribution in [0.2, 0.25) is 0 Å². The van der Waals surface area contributed by atoms with Gasteiger partial charge in [0.1, 0.15) is 5.75 Å². The zero-order chi connectivity index (χ0) is 17.6. The van der Waals surface area contributed by atoms with Gasteiger partial charge in [0.15, 0.2) is 0 Å². The Hall–Kier alpha value is -2.11. The van der Waals surface area contributed by atoms with E-state index in [1.54, 1.807) is 6.07 Å². The summed E-state index contributed by atoms with van der Waals surface area (Å²) in [4.78, 5) is 23.1. The van der Waals surface area contributed by atoms with Gasteiger partial charge in [0.25, 0.3) is 5.69 Å². The van der Waals surface area contributed by atoms with Crippen LogP contribution in [0, 0.1) is 33.3 Å². The Morgan fingerprint density at radius 3 is 2.36 bits per heavy atom. The van der Waals surface area contributed by atoms with E-state index in [0.717, 1.165) is 17.8 Å². The first kappa shape index (κ1) is 16.4. The van der Waals surface area contributed by atoms with Gasteiger partial charge < -0.3 is 10.1 Å². The van der Waals surface area contributed by atoms with Gasteiger partial charge in [-0.3, -0.25) is 14.9 Å². The van der Waals surface area contributed by atoms with Crippen LogP contribution in [0.25, 0.3) is 0 Å². The van der Waals surface area contributed by atoms with E-state index >= 15 is 0 Å². The Labute approximate surface area is 147 Å². The minimum Gasteiger partial charge on any atom is -0.494 e. The summed E-state index contributed by atoms with van der Waals surface area (Å²) in [5, 5.41) is 13.8. The van der Waals surface area contributed by atoms with Crippen LogP contribution in [-0.4, -0.2) is 17.9 Å². The van der Waals surface area contributed by atoms with E-state index in [1.165, 1.54) is 57.8 Å². The van der Waals surface area contributed by atoms with Crippen molar-refractivity contribution in [2.24, 2.45) is 23.2 Å². The smallest absolute Gasteiger partial charge is 0.273 e. The zero-order valence-corrected chi connectivity index (χ0v) is 14.5. The normalized spacial score (nSPS) is 32.4. The predicted molar refractivity (Wildman–Crippen MR) is 93.5 cm³/mol. The molecule has 0 unspecified atom stereocenters. The highest BCUT2D eigenvalue weighted by atomic mass is 16.6. The fourth-order valence-electron chi connectivity index (χ4n) is 5.94. The molecule has 25 heavy (non-hydrogen) atoms. The van der Waals surface area contributed by atoms with Crippen LogP contribution in [0.3, 0.4) is 0 Å². The molecule has 0 aliphatic heterocycles. The van der Waals surface area contributed by atoms with Crippen LogP contribution >= 0.6 is 0 Å². The molecule has 4 fully saturated rings. The van der Waals surface area contributed by atoms with E-state index in [4.69, 9.17) is 4.74 Å².